The molecule has 1 aromatic rings. The number of nitriles is 1. The number of nitrogens with zero attached hydrogens (tertiary/aromatic N) is 1. The van der Waals surface area contributed by atoms with E-state index in [4.69, 9.17) is 5.26 Å². The van der Waals surface area contributed by atoms with Crippen LogP contribution in [0.2, 0.25) is 0 Å². The zero-order valence-corrected chi connectivity index (χ0v) is 12.5. The summed E-state index contributed by atoms with van der Waals surface area (Å²) in [5.74, 6) is 1.91. The van der Waals surface area contributed by atoms with Gasteiger partial charge < -0.3 is 0 Å². The summed E-state index contributed by atoms with van der Waals surface area (Å²) >= 11 is 0. The maximum atomic E-state index is 8.76. The molecule has 1 aliphatic rings. The second-order valence-electron chi connectivity index (χ2n) is 6.01. The Morgan fingerprint density at radius 3 is 2.30 bits per heavy atom. The van der Waals surface area contributed by atoms with Crippen molar-refractivity contribution in [2.75, 3.05) is 0 Å². The fourth-order valence-corrected chi connectivity index (χ4v) is 3.10. The number of allylic oxidation sites excluding steroid dienone is 2. The minimum atomic E-state index is 0.741. The smallest absolute Gasteiger partial charge is 0.0991 e. The van der Waals surface area contributed by atoms with Crippen molar-refractivity contribution in [3.8, 4) is 6.07 Å². The summed E-state index contributed by atoms with van der Waals surface area (Å²) in [6.45, 7) is 2.32. The van der Waals surface area contributed by atoms with Crippen LogP contribution in [0.3, 0.4) is 0 Å². The van der Waals surface area contributed by atoms with Crippen LogP contribution in [0.1, 0.15) is 56.6 Å². The summed E-state index contributed by atoms with van der Waals surface area (Å²) in [6.07, 6.45) is 13.9. The molecule has 0 atom stereocenters. The molecule has 0 heterocycles. The second-order valence-corrected chi connectivity index (χ2v) is 6.01. The Morgan fingerprint density at radius 1 is 1.05 bits per heavy atom. The first-order chi connectivity index (χ1) is 9.81. The van der Waals surface area contributed by atoms with E-state index in [0.29, 0.717) is 0 Å². The van der Waals surface area contributed by atoms with Crippen LogP contribution in [-0.4, -0.2) is 0 Å². The van der Waals surface area contributed by atoms with Gasteiger partial charge in [0.25, 0.3) is 0 Å². The van der Waals surface area contributed by atoms with Crippen LogP contribution in [0, 0.1) is 23.2 Å². The van der Waals surface area contributed by atoms with Crippen molar-refractivity contribution in [1.82, 2.24) is 0 Å². The average molecular weight is 267 g/mol. The van der Waals surface area contributed by atoms with E-state index >= 15 is 0 Å². The fraction of sp³-hybridized carbons (Fsp3) is 0.526. The van der Waals surface area contributed by atoms with E-state index in [1.807, 2.05) is 12.1 Å². The van der Waals surface area contributed by atoms with Gasteiger partial charge in [-0.15, -0.1) is 0 Å². The molecule has 0 saturated heterocycles. The van der Waals surface area contributed by atoms with Gasteiger partial charge in [0.05, 0.1) is 11.6 Å². The standard InChI is InChI=1S/C19H25N/c1-2-16-7-9-17(10-8-16)5-3-4-6-18-11-13-19(15-20)14-12-18/h3-4,11-14,16-17H,2,5-10H2,1H3. The summed E-state index contributed by atoms with van der Waals surface area (Å²) in [7, 11) is 0. The SMILES string of the molecule is CCC1CCC(CC=CCc2ccc(C#N)cc2)CC1. The van der Waals surface area contributed by atoms with Crippen molar-refractivity contribution in [3.63, 3.8) is 0 Å². The van der Waals surface area contributed by atoms with Gasteiger partial charge in [-0.2, -0.15) is 5.26 Å². The zero-order valence-electron chi connectivity index (χ0n) is 12.5. The number of hydrogen-bond acceptors (Lipinski definition) is 1. The van der Waals surface area contributed by atoms with E-state index in [1.165, 1.54) is 44.1 Å². The summed E-state index contributed by atoms with van der Waals surface area (Å²) in [6, 6.07) is 10.1. The average Bonchev–Trinajstić information content (AvgIpc) is 2.53. The summed E-state index contributed by atoms with van der Waals surface area (Å²) in [4.78, 5) is 0. The molecular weight excluding hydrogens is 242 g/mol. The van der Waals surface area contributed by atoms with E-state index in [1.54, 1.807) is 0 Å². The normalized spacial score (nSPS) is 22.8. The lowest BCUT2D eigenvalue weighted by Crippen LogP contribution is -2.13. The summed E-state index contributed by atoms with van der Waals surface area (Å²) in [5.41, 5.74) is 2.03. The van der Waals surface area contributed by atoms with Crippen molar-refractivity contribution in [2.24, 2.45) is 11.8 Å². The Kier molecular flexibility index (Phi) is 5.87. The van der Waals surface area contributed by atoms with Crippen molar-refractivity contribution in [1.29, 1.82) is 5.26 Å². The molecular formula is C19H25N. The Hall–Kier alpha value is -1.55. The van der Waals surface area contributed by atoms with Crippen LogP contribution in [0.4, 0.5) is 0 Å². The molecule has 1 heteroatoms. The summed E-state index contributed by atoms with van der Waals surface area (Å²) in [5, 5.41) is 8.76. The lowest BCUT2D eigenvalue weighted by atomic mass is 9.79. The molecule has 0 aromatic heterocycles. The topological polar surface area (TPSA) is 23.8 Å². The van der Waals surface area contributed by atoms with Gasteiger partial charge in [0.1, 0.15) is 0 Å². The Labute approximate surface area is 123 Å². The van der Waals surface area contributed by atoms with Crippen LogP contribution in [0.25, 0.3) is 0 Å². The highest BCUT2D eigenvalue weighted by Crippen LogP contribution is 2.32. The predicted molar refractivity (Wildman–Crippen MR) is 84.4 cm³/mol. The van der Waals surface area contributed by atoms with Crippen molar-refractivity contribution < 1.29 is 0 Å². The van der Waals surface area contributed by atoms with Crippen molar-refractivity contribution >= 4 is 0 Å². The Morgan fingerprint density at radius 2 is 1.70 bits per heavy atom. The van der Waals surface area contributed by atoms with Gasteiger partial charge in [-0.25, -0.2) is 0 Å². The van der Waals surface area contributed by atoms with Gasteiger partial charge in [0.2, 0.25) is 0 Å². The molecule has 0 amide bonds. The molecule has 1 saturated carbocycles. The van der Waals surface area contributed by atoms with Crippen LogP contribution >= 0.6 is 0 Å². The first-order valence-electron chi connectivity index (χ1n) is 7.95. The highest BCUT2D eigenvalue weighted by molar-refractivity contribution is 5.32. The minimum Gasteiger partial charge on any atom is -0.192 e. The first-order valence-corrected chi connectivity index (χ1v) is 7.95. The summed E-state index contributed by atoms with van der Waals surface area (Å²) < 4.78 is 0. The molecule has 0 N–H and O–H groups in total. The highest BCUT2D eigenvalue weighted by atomic mass is 14.2. The third kappa shape index (κ3) is 4.53. The van der Waals surface area contributed by atoms with Crippen LogP contribution < -0.4 is 0 Å². The van der Waals surface area contributed by atoms with E-state index in [2.05, 4.69) is 37.3 Å². The van der Waals surface area contributed by atoms with Gasteiger partial charge in [-0.05, 0) is 55.2 Å². The van der Waals surface area contributed by atoms with Gasteiger partial charge in [0, 0.05) is 0 Å². The van der Waals surface area contributed by atoms with Crippen LogP contribution in [0.5, 0.6) is 0 Å². The van der Waals surface area contributed by atoms with Crippen molar-refractivity contribution in [2.45, 2.75) is 51.9 Å². The quantitative estimate of drug-likeness (QED) is 0.667. The monoisotopic (exact) mass is 267 g/mol. The molecule has 0 aliphatic heterocycles. The third-order valence-corrected chi connectivity index (χ3v) is 4.62. The van der Waals surface area contributed by atoms with Crippen molar-refractivity contribution in [3.05, 3.63) is 47.5 Å². The maximum Gasteiger partial charge on any atom is 0.0991 e. The molecule has 1 aromatic carbocycles. The first kappa shape index (κ1) is 14.9. The molecule has 2 rings (SSSR count). The lowest BCUT2D eigenvalue weighted by molar-refractivity contribution is 0.271. The van der Waals surface area contributed by atoms with E-state index < -0.39 is 0 Å². The number of rotatable bonds is 5. The molecule has 1 fully saturated rings. The Balaban J connectivity index is 1.70. The number of benzene rings is 1. The molecule has 0 spiro atoms. The highest BCUT2D eigenvalue weighted by Gasteiger charge is 2.18. The van der Waals surface area contributed by atoms with Gasteiger partial charge in [-0.3, -0.25) is 0 Å². The largest absolute Gasteiger partial charge is 0.192 e. The molecule has 0 unspecified atom stereocenters. The third-order valence-electron chi connectivity index (χ3n) is 4.62. The minimum absolute atomic E-state index is 0.741. The van der Waals surface area contributed by atoms with Gasteiger partial charge >= 0.3 is 0 Å². The lowest BCUT2D eigenvalue weighted by Gasteiger charge is -2.26. The van der Waals surface area contributed by atoms with Crippen LogP contribution in [0.15, 0.2) is 36.4 Å². The van der Waals surface area contributed by atoms with Crippen LogP contribution in [-0.2, 0) is 6.42 Å². The second kappa shape index (κ2) is 7.90. The maximum absolute atomic E-state index is 8.76. The Bertz CT molecular complexity index is 456. The van der Waals surface area contributed by atoms with Gasteiger partial charge in [0.15, 0.2) is 0 Å². The molecule has 0 radical (unpaired) electrons. The molecule has 0 bridgehead atoms. The van der Waals surface area contributed by atoms with E-state index in [-0.39, 0.29) is 0 Å². The predicted octanol–water partition coefficient (Wildman–Crippen LogP) is 5.26. The number of hydrogen-bond donors (Lipinski definition) is 0. The molecule has 106 valence electrons. The molecule has 1 nitrogen and oxygen atoms in total. The zero-order chi connectivity index (χ0) is 14.2. The molecule has 20 heavy (non-hydrogen) atoms. The molecule has 1 aliphatic carbocycles. The van der Waals surface area contributed by atoms with E-state index in [9.17, 15) is 0 Å². The fourth-order valence-electron chi connectivity index (χ4n) is 3.10. The van der Waals surface area contributed by atoms with E-state index in [0.717, 1.165) is 23.8 Å². The van der Waals surface area contributed by atoms with Gasteiger partial charge in [-0.1, -0.05) is 50.5 Å².